The van der Waals surface area contributed by atoms with Crippen LogP contribution in [0, 0.1) is 12.8 Å². The number of benzene rings is 2. The van der Waals surface area contributed by atoms with E-state index in [9.17, 15) is 4.79 Å². The minimum atomic E-state index is 0.0678. The molecule has 1 N–H and O–H groups in total. The molecule has 1 heterocycles. The first-order valence-electron chi connectivity index (χ1n) is 9.39. The van der Waals surface area contributed by atoms with Crippen molar-refractivity contribution in [3.8, 4) is 11.5 Å². The Hall–Kier alpha value is -2.62. The van der Waals surface area contributed by atoms with Crippen molar-refractivity contribution < 1.29 is 9.21 Å². The summed E-state index contributed by atoms with van der Waals surface area (Å²) < 4.78 is 5.92. The summed E-state index contributed by atoms with van der Waals surface area (Å²) in [7, 11) is 0. The molecule has 0 aliphatic heterocycles. The summed E-state index contributed by atoms with van der Waals surface area (Å²) in [5, 5.41) is 3.04. The Bertz CT molecular complexity index is 892. The normalized spacial score (nSPS) is 11.2. The first-order valence-corrected chi connectivity index (χ1v) is 9.39. The van der Waals surface area contributed by atoms with Crippen LogP contribution in [-0.4, -0.2) is 10.9 Å². The summed E-state index contributed by atoms with van der Waals surface area (Å²) in [6.07, 6.45) is 3.86. The highest BCUT2D eigenvalue weighted by Gasteiger charge is 2.17. The van der Waals surface area contributed by atoms with E-state index in [1.165, 1.54) is 0 Å². The maximum absolute atomic E-state index is 12.5. The third-order valence-corrected chi connectivity index (χ3v) is 4.57. The van der Waals surface area contributed by atoms with E-state index in [-0.39, 0.29) is 11.8 Å². The third kappa shape index (κ3) is 4.13. The van der Waals surface area contributed by atoms with E-state index >= 15 is 0 Å². The standard InChI is InChI=1S/C22H26N2O2/c1-4-7-16(8-5-2)21(25)23-18-11-12-19-20(14-18)26-22(24-19)17-10-6-9-15(3)13-17/h6,9-14,16H,4-5,7-8H2,1-3H3,(H,23,25). The van der Waals surface area contributed by atoms with Gasteiger partial charge in [0, 0.05) is 23.2 Å². The Morgan fingerprint density at radius 2 is 1.88 bits per heavy atom. The molecule has 0 aliphatic rings. The van der Waals surface area contributed by atoms with Gasteiger partial charge in [0.15, 0.2) is 5.58 Å². The van der Waals surface area contributed by atoms with Gasteiger partial charge in [-0.3, -0.25) is 4.79 Å². The van der Waals surface area contributed by atoms with E-state index in [1.54, 1.807) is 0 Å². The Kier molecular flexibility index (Phi) is 5.71. The van der Waals surface area contributed by atoms with Crippen molar-refractivity contribution in [3.05, 3.63) is 48.0 Å². The van der Waals surface area contributed by atoms with Crippen LogP contribution in [0.25, 0.3) is 22.6 Å². The first kappa shape index (κ1) is 18.2. The smallest absolute Gasteiger partial charge is 0.227 e. The number of anilines is 1. The van der Waals surface area contributed by atoms with E-state index in [0.29, 0.717) is 11.5 Å². The summed E-state index contributed by atoms with van der Waals surface area (Å²) in [6.45, 7) is 6.27. The van der Waals surface area contributed by atoms with Crippen LogP contribution in [0.3, 0.4) is 0 Å². The van der Waals surface area contributed by atoms with Crippen molar-refractivity contribution in [2.75, 3.05) is 5.32 Å². The second kappa shape index (κ2) is 8.17. The van der Waals surface area contributed by atoms with Gasteiger partial charge in [0.1, 0.15) is 5.52 Å². The lowest BCUT2D eigenvalue weighted by Gasteiger charge is -2.15. The quantitative estimate of drug-likeness (QED) is 0.572. The number of nitrogens with one attached hydrogen (secondary N) is 1. The van der Waals surface area contributed by atoms with Gasteiger partial charge in [0.2, 0.25) is 11.8 Å². The summed E-state index contributed by atoms with van der Waals surface area (Å²) in [5.41, 5.74) is 4.35. The number of amides is 1. The molecule has 4 nitrogen and oxygen atoms in total. The van der Waals surface area contributed by atoms with Crippen LogP contribution in [0.1, 0.15) is 45.1 Å². The van der Waals surface area contributed by atoms with E-state index in [1.807, 2.05) is 49.4 Å². The molecule has 0 unspecified atom stereocenters. The molecule has 0 fully saturated rings. The number of hydrogen-bond acceptors (Lipinski definition) is 3. The molecule has 0 saturated heterocycles. The molecule has 0 aliphatic carbocycles. The number of carbonyl (C=O) groups excluding carboxylic acids is 1. The molecular weight excluding hydrogens is 324 g/mol. The number of oxazole rings is 1. The predicted octanol–water partition coefficient (Wildman–Crippen LogP) is 5.96. The van der Waals surface area contributed by atoms with Gasteiger partial charge in [-0.2, -0.15) is 0 Å². The lowest BCUT2D eigenvalue weighted by atomic mass is 9.97. The lowest BCUT2D eigenvalue weighted by Crippen LogP contribution is -2.22. The average molecular weight is 350 g/mol. The van der Waals surface area contributed by atoms with Crippen molar-refractivity contribution in [2.24, 2.45) is 5.92 Å². The third-order valence-electron chi connectivity index (χ3n) is 4.57. The van der Waals surface area contributed by atoms with Crippen LogP contribution in [0.5, 0.6) is 0 Å². The highest BCUT2D eigenvalue weighted by Crippen LogP contribution is 2.27. The molecular formula is C22H26N2O2. The topological polar surface area (TPSA) is 55.1 Å². The molecule has 0 radical (unpaired) electrons. The second-order valence-corrected chi connectivity index (χ2v) is 6.83. The Labute approximate surface area is 154 Å². The number of hydrogen-bond donors (Lipinski definition) is 1. The molecule has 3 aromatic rings. The molecule has 0 spiro atoms. The molecule has 1 amide bonds. The highest BCUT2D eigenvalue weighted by molar-refractivity contribution is 5.94. The van der Waals surface area contributed by atoms with Crippen molar-refractivity contribution in [1.82, 2.24) is 4.98 Å². The van der Waals surface area contributed by atoms with Gasteiger partial charge in [-0.05, 0) is 44.0 Å². The van der Waals surface area contributed by atoms with Crippen LogP contribution in [-0.2, 0) is 4.79 Å². The summed E-state index contributed by atoms with van der Waals surface area (Å²) in [5.74, 6) is 0.756. The van der Waals surface area contributed by atoms with Gasteiger partial charge in [-0.15, -0.1) is 0 Å². The summed E-state index contributed by atoms with van der Waals surface area (Å²) >= 11 is 0. The van der Waals surface area contributed by atoms with Crippen molar-refractivity contribution in [2.45, 2.75) is 46.5 Å². The molecule has 0 bridgehead atoms. The zero-order chi connectivity index (χ0) is 18.5. The first-order chi connectivity index (χ1) is 12.6. The lowest BCUT2D eigenvalue weighted by molar-refractivity contribution is -0.120. The number of carbonyl (C=O) groups is 1. The molecule has 26 heavy (non-hydrogen) atoms. The fraction of sp³-hybridized carbons (Fsp3) is 0.364. The van der Waals surface area contributed by atoms with Gasteiger partial charge in [-0.25, -0.2) is 4.98 Å². The average Bonchev–Trinajstić information content (AvgIpc) is 3.05. The van der Waals surface area contributed by atoms with Gasteiger partial charge in [0.05, 0.1) is 0 Å². The van der Waals surface area contributed by atoms with Crippen molar-refractivity contribution in [1.29, 1.82) is 0 Å². The van der Waals surface area contributed by atoms with E-state index in [2.05, 4.69) is 24.1 Å². The van der Waals surface area contributed by atoms with Gasteiger partial charge in [0.25, 0.3) is 0 Å². The maximum Gasteiger partial charge on any atom is 0.227 e. The molecule has 1 aromatic heterocycles. The van der Waals surface area contributed by atoms with Crippen LogP contribution in [0.4, 0.5) is 5.69 Å². The maximum atomic E-state index is 12.5. The monoisotopic (exact) mass is 350 g/mol. The van der Waals surface area contributed by atoms with Gasteiger partial charge >= 0.3 is 0 Å². The number of aromatic nitrogens is 1. The van der Waals surface area contributed by atoms with E-state index in [4.69, 9.17) is 4.42 Å². The summed E-state index contributed by atoms with van der Waals surface area (Å²) in [6, 6.07) is 13.7. The number of aryl methyl sites for hydroxylation is 1. The molecule has 3 rings (SSSR count). The van der Waals surface area contributed by atoms with Crippen LogP contribution in [0.15, 0.2) is 46.9 Å². The molecule has 4 heteroatoms. The van der Waals surface area contributed by atoms with Crippen LogP contribution < -0.4 is 5.32 Å². The zero-order valence-corrected chi connectivity index (χ0v) is 15.7. The molecule has 0 atom stereocenters. The Balaban J connectivity index is 1.82. The van der Waals surface area contributed by atoms with E-state index in [0.717, 1.165) is 48.0 Å². The number of nitrogens with zero attached hydrogens (tertiary/aromatic N) is 1. The predicted molar refractivity (Wildman–Crippen MR) is 106 cm³/mol. The minimum absolute atomic E-state index is 0.0678. The summed E-state index contributed by atoms with van der Waals surface area (Å²) in [4.78, 5) is 17.1. The largest absolute Gasteiger partial charge is 0.436 e. The molecule has 0 saturated carbocycles. The minimum Gasteiger partial charge on any atom is -0.436 e. The van der Waals surface area contributed by atoms with Gasteiger partial charge < -0.3 is 9.73 Å². The Morgan fingerprint density at radius 3 is 2.58 bits per heavy atom. The fourth-order valence-electron chi connectivity index (χ4n) is 3.25. The molecule has 2 aromatic carbocycles. The van der Waals surface area contributed by atoms with Crippen molar-refractivity contribution >= 4 is 22.7 Å². The van der Waals surface area contributed by atoms with Crippen LogP contribution >= 0.6 is 0 Å². The fourth-order valence-corrected chi connectivity index (χ4v) is 3.25. The highest BCUT2D eigenvalue weighted by atomic mass is 16.3. The Morgan fingerprint density at radius 1 is 1.12 bits per heavy atom. The van der Waals surface area contributed by atoms with Crippen LogP contribution in [0.2, 0.25) is 0 Å². The van der Waals surface area contributed by atoms with Gasteiger partial charge in [-0.1, -0.05) is 44.4 Å². The second-order valence-electron chi connectivity index (χ2n) is 6.83. The van der Waals surface area contributed by atoms with E-state index < -0.39 is 0 Å². The zero-order valence-electron chi connectivity index (χ0n) is 15.7. The molecule has 136 valence electrons. The number of rotatable bonds is 7. The van der Waals surface area contributed by atoms with Crippen molar-refractivity contribution in [3.63, 3.8) is 0 Å². The number of fused-ring (bicyclic) bond motifs is 1. The SMILES string of the molecule is CCCC(CCC)C(=O)Nc1ccc2nc(-c3cccc(C)c3)oc2c1.